The number of fused-ring (bicyclic) bond motifs is 4. The number of hydrogen-bond donors (Lipinski definition) is 2. The Morgan fingerprint density at radius 3 is 1.64 bits per heavy atom. The standard InChI is InChI=1S/C28H28N4O4/c33-23(35-27-11-7-19(8-12-27)25(31-27)21-3-1-15-29-17-21)5-6-24(34)36-28-13-9-20(10-14-28)26(32-28)22-4-2-16-30-18-22/h1-7,9,11,13,15-20,25-26,31-32H,8,10,12,14H2/b6-5+. The van der Waals surface area contributed by atoms with Crippen LogP contribution in [0.4, 0.5) is 0 Å². The van der Waals surface area contributed by atoms with Gasteiger partial charge >= 0.3 is 11.9 Å². The smallest absolute Gasteiger partial charge is 0.333 e. The Balaban J connectivity index is 1.09. The van der Waals surface area contributed by atoms with E-state index in [1.54, 1.807) is 12.4 Å². The summed E-state index contributed by atoms with van der Waals surface area (Å²) in [5, 5.41) is 6.93. The van der Waals surface area contributed by atoms with Crippen molar-refractivity contribution in [2.45, 2.75) is 49.2 Å². The summed E-state index contributed by atoms with van der Waals surface area (Å²) in [6, 6.07) is 7.87. The van der Waals surface area contributed by atoms with Crippen LogP contribution in [-0.2, 0) is 19.1 Å². The topological polar surface area (TPSA) is 102 Å². The normalized spacial score (nSPS) is 34.1. The molecule has 0 amide bonds. The van der Waals surface area contributed by atoms with E-state index in [1.807, 2.05) is 48.8 Å². The Hall–Kier alpha value is -3.62. The van der Waals surface area contributed by atoms with Crippen LogP contribution in [0, 0.1) is 11.8 Å². The monoisotopic (exact) mass is 484 g/mol. The summed E-state index contributed by atoms with van der Waals surface area (Å²) in [6.45, 7) is 0. The molecule has 6 atom stereocenters. The summed E-state index contributed by atoms with van der Waals surface area (Å²) in [6.07, 6.45) is 20.5. The Morgan fingerprint density at radius 2 is 1.28 bits per heavy atom. The second kappa shape index (κ2) is 9.11. The molecule has 0 saturated carbocycles. The number of esters is 2. The van der Waals surface area contributed by atoms with Crippen molar-refractivity contribution in [2.75, 3.05) is 0 Å². The highest BCUT2D eigenvalue weighted by atomic mass is 16.6. The Labute approximate surface area is 209 Å². The fourth-order valence-corrected chi connectivity index (χ4v) is 5.79. The largest absolute Gasteiger partial charge is 0.437 e. The van der Waals surface area contributed by atoms with E-state index in [9.17, 15) is 9.59 Å². The van der Waals surface area contributed by atoms with E-state index in [4.69, 9.17) is 9.47 Å². The minimum atomic E-state index is -0.901. The lowest BCUT2D eigenvalue weighted by Gasteiger charge is -2.47. The molecule has 6 aliphatic rings. The number of pyridine rings is 2. The van der Waals surface area contributed by atoms with Crippen molar-refractivity contribution in [1.29, 1.82) is 0 Å². The molecular weight excluding hydrogens is 456 g/mol. The van der Waals surface area contributed by atoms with Crippen molar-refractivity contribution >= 4 is 11.9 Å². The van der Waals surface area contributed by atoms with E-state index < -0.39 is 23.4 Å². The molecule has 6 heterocycles. The lowest BCUT2D eigenvalue weighted by Crippen LogP contribution is -2.56. The minimum absolute atomic E-state index is 0.0188. The number of carbonyl (C=O) groups excluding carboxylic acids is 2. The lowest BCUT2D eigenvalue weighted by atomic mass is 9.77. The SMILES string of the molecule is O=C(/C=C/C(=O)OC12C=CC(CC1)C(c1cccnc1)N2)OC12C=CC(CC1)C(c1cccnc1)N2. The molecule has 8 nitrogen and oxygen atoms in total. The van der Waals surface area contributed by atoms with E-state index in [1.165, 1.54) is 0 Å². The maximum Gasteiger partial charge on any atom is 0.333 e. The van der Waals surface area contributed by atoms with E-state index in [0.29, 0.717) is 24.7 Å². The predicted octanol–water partition coefficient (Wildman–Crippen LogP) is 3.43. The number of piperidine rings is 2. The summed E-state index contributed by atoms with van der Waals surface area (Å²) in [7, 11) is 0. The van der Waals surface area contributed by atoms with Gasteiger partial charge in [0.15, 0.2) is 11.4 Å². The van der Waals surface area contributed by atoms with Crippen molar-refractivity contribution < 1.29 is 19.1 Å². The van der Waals surface area contributed by atoms with Gasteiger partial charge in [-0.3, -0.25) is 20.6 Å². The molecule has 8 heteroatoms. The van der Waals surface area contributed by atoms with Crippen LogP contribution in [-0.4, -0.2) is 33.4 Å². The third-order valence-corrected chi connectivity index (χ3v) is 7.59. The molecule has 4 aliphatic heterocycles. The summed E-state index contributed by atoms with van der Waals surface area (Å²) in [4.78, 5) is 33.8. The number of carbonyl (C=O) groups is 2. The van der Waals surface area contributed by atoms with Crippen LogP contribution in [0.2, 0.25) is 0 Å². The third kappa shape index (κ3) is 4.38. The Kier molecular flexibility index (Phi) is 5.78. The van der Waals surface area contributed by atoms with Gasteiger partial charge in [-0.05, 0) is 60.1 Å². The Morgan fingerprint density at radius 1 is 0.806 bits per heavy atom. The van der Waals surface area contributed by atoms with Gasteiger partial charge in [0.1, 0.15) is 0 Å². The van der Waals surface area contributed by atoms with Gasteiger partial charge in [-0.25, -0.2) is 9.59 Å². The number of aromatic nitrogens is 2. The first-order valence-electron chi connectivity index (χ1n) is 12.4. The first kappa shape index (κ1) is 22.8. The van der Waals surface area contributed by atoms with Crippen molar-refractivity contribution in [3.8, 4) is 0 Å². The molecule has 2 aliphatic carbocycles. The maximum absolute atomic E-state index is 12.7. The minimum Gasteiger partial charge on any atom is -0.437 e. The van der Waals surface area contributed by atoms with E-state index in [2.05, 4.69) is 32.8 Å². The highest BCUT2D eigenvalue weighted by molar-refractivity contribution is 5.92. The number of ether oxygens (including phenoxy) is 2. The fourth-order valence-electron chi connectivity index (χ4n) is 5.79. The van der Waals surface area contributed by atoms with Crippen LogP contribution in [0.25, 0.3) is 0 Å². The van der Waals surface area contributed by atoms with Gasteiger partial charge in [0, 0.05) is 61.9 Å². The number of nitrogens with zero attached hydrogens (tertiary/aromatic N) is 2. The zero-order valence-electron chi connectivity index (χ0n) is 19.7. The quantitative estimate of drug-likeness (QED) is 0.365. The average molecular weight is 485 g/mol. The third-order valence-electron chi connectivity index (χ3n) is 7.59. The summed E-state index contributed by atoms with van der Waals surface area (Å²) in [5.41, 5.74) is 0.306. The molecule has 0 aromatic carbocycles. The van der Waals surface area contributed by atoms with E-state index in [0.717, 1.165) is 36.1 Å². The van der Waals surface area contributed by atoms with Gasteiger partial charge in [0.25, 0.3) is 0 Å². The van der Waals surface area contributed by atoms with Gasteiger partial charge in [-0.1, -0.05) is 24.3 Å². The average Bonchev–Trinajstić information content (AvgIpc) is 2.93. The summed E-state index contributed by atoms with van der Waals surface area (Å²) >= 11 is 0. The maximum atomic E-state index is 12.7. The highest BCUT2D eigenvalue weighted by Gasteiger charge is 2.46. The van der Waals surface area contributed by atoms with Crippen molar-refractivity contribution in [2.24, 2.45) is 11.8 Å². The molecule has 2 fully saturated rings. The van der Waals surface area contributed by atoms with Crippen molar-refractivity contribution in [1.82, 2.24) is 20.6 Å². The Bertz CT molecular complexity index is 1140. The van der Waals surface area contributed by atoms with Crippen LogP contribution >= 0.6 is 0 Å². The number of hydrogen-bond acceptors (Lipinski definition) is 8. The molecule has 4 bridgehead atoms. The molecule has 8 rings (SSSR count). The molecule has 2 saturated heterocycles. The van der Waals surface area contributed by atoms with Gasteiger partial charge in [-0.15, -0.1) is 0 Å². The second-order valence-electron chi connectivity index (χ2n) is 9.89. The van der Waals surface area contributed by atoms with Gasteiger partial charge in [0.05, 0.1) is 0 Å². The van der Waals surface area contributed by atoms with Gasteiger partial charge in [-0.2, -0.15) is 0 Å². The van der Waals surface area contributed by atoms with Crippen LogP contribution < -0.4 is 10.6 Å². The van der Waals surface area contributed by atoms with E-state index >= 15 is 0 Å². The first-order valence-corrected chi connectivity index (χ1v) is 12.4. The summed E-state index contributed by atoms with van der Waals surface area (Å²) in [5.74, 6) is -0.561. The lowest BCUT2D eigenvalue weighted by molar-refractivity contribution is -0.160. The van der Waals surface area contributed by atoms with Crippen LogP contribution in [0.1, 0.15) is 48.9 Å². The van der Waals surface area contributed by atoms with Crippen LogP contribution in [0.3, 0.4) is 0 Å². The number of rotatable bonds is 6. The van der Waals surface area contributed by atoms with Gasteiger partial charge in [0.2, 0.25) is 0 Å². The van der Waals surface area contributed by atoms with Crippen molar-refractivity contribution in [3.63, 3.8) is 0 Å². The second-order valence-corrected chi connectivity index (χ2v) is 9.89. The zero-order valence-corrected chi connectivity index (χ0v) is 19.7. The molecule has 0 radical (unpaired) electrons. The number of nitrogens with one attached hydrogen (secondary N) is 2. The molecule has 184 valence electrons. The highest BCUT2D eigenvalue weighted by Crippen LogP contribution is 2.43. The van der Waals surface area contributed by atoms with Crippen molar-refractivity contribution in [3.05, 3.63) is 96.6 Å². The predicted molar refractivity (Wildman–Crippen MR) is 131 cm³/mol. The zero-order chi connectivity index (χ0) is 24.6. The van der Waals surface area contributed by atoms with Crippen LogP contribution in [0.15, 0.2) is 85.5 Å². The molecule has 2 N–H and O–H groups in total. The first-order chi connectivity index (χ1) is 17.5. The molecule has 0 spiro atoms. The molecule has 2 aromatic rings. The van der Waals surface area contributed by atoms with E-state index in [-0.39, 0.29) is 12.1 Å². The molecule has 2 aromatic heterocycles. The molecular formula is C28H28N4O4. The summed E-state index contributed by atoms with van der Waals surface area (Å²) < 4.78 is 11.6. The van der Waals surface area contributed by atoms with Gasteiger partial charge < -0.3 is 9.47 Å². The molecule has 36 heavy (non-hydrogen) atoms. The van der Waals surface area contributed by atoms with Crippen LogP contribution in [0.5, 0.6) is 0 Å². The molecule has 6 unspecified atom stereocenters. The fraction of sp³-hybridized carbons (Fsp3) is 0.357.